The predicted molar refractivity (Wildman–Crippen MR) is 92.1 cm³/mol. The second-order valence-electron chi connectivity index (χ2n) is 5.75. The Bertz CT molecular complexity index is 897. The minimum atomic E-state index is -0.327. The van der Waals surface area contributed by atoms with Gasteiger partial charge in [0.05, 0.1) is 11.3 Å². The molecule has 3 aromatic rings. The molecule has 0 aliphatic carbocycles. The topological polar surface area (TPSA) is 46.9 Å². The Hall–Kier alpha value is -2.95. The number of amides is 1. The Labute approximate surface area is 140 Å². The quantitative estimate of drug-likeness (QED) is 0.785. The van der Waals surface area contributed by atoms with Gasteiger partial charge in [-0.25, -0.2) is 9.37 Å². The fourth-order valence-electron chi connectivity index (χ4n) is 2.72. The first-order valence-corrected chi connectivity index (χ1v) is 7.65. The monoisotopic (exact) mass is 323 g/mol. The van der Waals surface area contributed by atoms with Crippen LogP contribution in [0, 0.1) is 26.6 Å². The van der Waals surface area contributed by atoms with Crippen molar-refractivity contribution in [2.45, 2.75) is 20.8 Å². The molecule has 1 N–H and O–H groups in total. The third-order valence-corrected chi connectivity index (χ3v) is 3.92. The number of hydrogen-bond acceptors (Lipinski definition) is 2. The van der Waals surface area contributed by atoms with Crippen LogP contribution >= 0.6 is 0 Å². The number of rotatable bonds is 3. The van der Waals surface area contributed by atoms with E-state index in [0.717, 1.165) is 11.3 Å². The van der Waals surface area contributed by atoms with Crippen molar-refractivity contribution >= 4 is 11.7 Å². The van der Waals surface area contributed by atoms with Gasteiger partial charge in [-0.2, -0.15) is 0 Å². The van der Waals surface area contributed by atoms with Crippen molar-refractivity contribution in [3.63, 3.8) is 0 Å². The first-order chi connectivity index (χ1) is 11.5. The summed E-state index contributed by atoms with van der Waals surface area (Å²) in [6, 6.07) is 11.9. The number of benzene rings is 1. The van der Waals surface area contributed by atoms with Gasteiger partial charge in [0.1, 0.15) is 11.6 Å². The number of anilines is 1. The van der Waals surface area contributed by atoms with Gasteiger partial charge in [0.2, 0.25) is 0 Å². The van der Waals surface area contributed by atoms with Gasteiger partial charge in [0, 0.05) is 17.6 Å². The molecule has 2 heterocycles. The predicted octanol–water partition coefficient (Wildman–Crippen LogP) is 4.19. The zero-order valence-electron chi connectivity index (χ0n) is 13.8. The molecule has 0 saturated heterocycles. The molecule has 0 aliphatic heterocycles. The van der Waals surface area contributed by atoms with Crippen LogP contribution < -0.4 is 5.32 Å². The molecule has 1 aromatic carbocycles. The number of para-hydroxylation sites is 1. The molecule has 0 radical (unpaired) electrons. The largest absolute Gasteiger partial charge is 0.315 e. The second-order valence-corrected chi connectivity index (χ2v) is 5.75. The van der Waals surface area contributed by atoms with Crippen molar-refractivity contribution < 1.29 is 9.18 Å². The smallest absolute Gasteiger partial charge is 0.258 e. The lowest BCUT2D eigenvalue weighted by atomic mass is 10.2. The van der Waals surface area contributed by atoms with Crippen LogP contribution in [0.3, 0.4) is 0 Å². The average Bonchev–Trinajstić information content (AvgIpc) is 2.85. The van der Waals surface area contributed by atoms with Crippen LogP contribution in [0.5, 0.6) is 0 Å². The van der Waals surface area contributed by atoms with E-state index in [-0.39, 0.29) is 11.7 Å². The van der Waals surface area contributed by atoms with E-state index in [0.29, 0.717) is 22.8 Å². The van der Waals surface area contributed by atoms with Crippen molar-refractivity contribution in [2.75, 3.05) is 5.32 Å². The van der Waals surface area contributed by atoms with Crippen molar-refractivity contribution in [3.05, 3.63) is 77.0 Å². The highest BCUT2D eigenvalue weighted by molar-refractivity contribution is 6.05. The molecule has 0 unspecified atom stereocenters. The van der Waals surface area contributed by atoms with Crippen molar-refractivity contribution in [2.24, 2.45) is 0 Å². The van der Waals surface area contributed by atoms with E-state index < -0.39 is 0 Å². The lowest BCUT2D eigenvalue weighted by Gasteiger charge is -2.11. The molecule has 3 rings (SSSR count). The van der Waals surface area contributed by atoms with Gasteiger partial charge in [-0.15, -0.1) is 0 Å². The summed E-state index contributed by atoms with van der Waals surface area (Å²) in [5.41, 5.74) is 3.42. The number of nitrogens with zero attached hydrogens (tertiary/aromatic N) is 2. The molecule has 0 aliphatic rings. The highest BCUT2D eigenvalue weighted by Gasteiger charge is 2.18. The number of pyridine rings is 1. The van der Waals surface area contributed by atoms with Gasteiger partial charge < -0.3 is 9.88 Å². The summed E-state index contributed by atoms with van der Waals surface area (Å²) in [5.74, 6) is -0.102. The van der Waals surface area contributed by atoms with Crippen molar-refractivity contribution in [3.8, 4) is 5.69 Å². The molecule has 122 valence electrons. The number of carbonyl (C=O) groups excluding carboxylic acids is 1. The number of aryl methyl sites for hydroxylation is 2. The Morgan fingerprint density at radius 2 is 1.88 bits per heavy atom. The van der Waals surface area contributed by atoms with E-state index in [9.17, 15) is 9.18 Å². The maximum absolute atomic E-state index is 14.1. The van der Waals surface area contributed by atoms with Crippen LogP contribution in [0.15, 0.2) is 48.7 Å². The summed E-state index contributed by atoms with van der Waals surface area (Å²) in [6.07, 6.45) is 1.69. The molecule has 0 spiro atoms. The van der Waals surface area contributed by atoms with Crippen LogP contribution in [-0.2, 0) is 0 Å². The first kappa shape index (κ1) is 15.9. The van der Waals surface area contributed by atoms with Crippen LogP contribution in [0.4, 0.5) is 10.2 Å². The lowest BCUT2D eigenvalue weighted by molar-refractivity contribution is 0.102. The summed E-state index contributed by atoms with van der Waals surface area (Å²) in [6.45, 7) is 5.58. The maximum atomic E-state index is 14.1. The van der Waals surface area contributed by atoms with Crippen molar-refractivity contribution in [1.82, 2.24) is 9.55 Å². The molecule has 4 nitrogen and oxygen atoms in total. The first-order valence-electron chi connectivity index (χ1n) is 7.65. The van der Waals surface area contributed by atoms with Gasteiger partial charge in [-0.1, -0.05) is 18.2 Å². The van der Waals surface area contributed by atoms with Crippen LogP contribution in [-0.4, -0.2) is 15.5 Å². The highest BCUT2D eigenvalue weighted by atomic mass is 19.1. The summed E-state index contributed by atoms with van der Waals surface area (Å²) < 4.78 is 15.8. The van der Waals surface area contributed by atoms with E-state index in [4.69, 9.17) is 0 Å². The molecular formula is C19H18FN3O. The Balaban J connectivity index is 1.95. The number of hydrogen-bond donors (Lipinski definition) is 1. The molecule has 5 heteroatoms. The Morgan fingerprint density at radius 3 is 2.54 bits per heavy atom. The van der Waals surface area contributed by atoms with Gasteiger partial charge in [-0.3, -0.25) is 4.79 Å². The lowest BCUT2D eigenvalue weighted by Crippen LogP contribution is -2.14. The molecule has 24 heavy (non-hydrogen) atoms. The van der Waals surface area contributed by atoms with E-state index in [1.165, 1.54) is 6.07 Å². The zero-order chi connectivity index (χ0) is 17.3. The molecule has 2 aromatic heterocycles. The molecule has 0 bridgehead atoms. The second kappa shape index (κ2) is 6.28. The van der Waals surface area contributed by atoms with Gasteiger partial charge in [0.25, 0.3) is 5.91 Å². The number of carbonyl (C=O) groups is 1. The average molecular weight is 323 g/mol. The third kappa shape index (κ3) is 2.93. The molecular weight excluding hydrogens is 305 g/mol. The normalized spacial score (nSPS) is 10.7. The molecule has 0 fully saturated rings. The highest BCUT2D eigenvalue weighted by Crippen LogP contribution is 2.23. The summed E-state index contributed by atoms with van der Waals surface area (Å²) in [5, 5.41) is 2.78. The number of nitrogens with one attached hydrogen (secondary N) is 1. The molecule has 1 amide bonds. The number of aromatic nitrogens is 2. The van der Waals surface area contributed by atoms with Crippen LogP contribution in [0.2, 0.25) is 0 Å². The van der Waals surface area contributed by atoms with E-state index in [1.807, 2.05) is 19.9 Å². The summed E-state index contributed by atoms with van der Waals surface area (Å²) in [4.78, 5) is 16.7. The third-order valence-electron chi connectivity index (χ3n) is 3.92. The SMILES string of the molecule is Cc1ccc(NC(=O)c2cc(C)n(-c3ccccc3F)c2C)nc1. The minimum absolute atomic E-state index is 0.262. The standard InChI is InChI=1S/C19H18FN3O/c1-12-8-9-18(21-11-12)22-19(24)15-10-13(2)23(14(15)3)17-7-5-4-6-16(17)20/h4-11H,1-3H3,(H,21,22,24). The fraction of sp³-hybridized carbons (Fsp3) is 0.158. The van der Waals surface area contributed by atoms with Crippen molar-refractivity contribution in [1.29, 1.82) is 0 Å². The van der Waals surface area contributed by atoms with E-state index in [2.05, 4.69) is 10.3 Å². The van der Waals surface area contributed by atoms with Gasteiger partial charge in [-0.05, 0) is 50.6 Å². The molecule has 0 saturated carbocycles. The Kier molecular flexibility index (Phi) is 4.16. The maximum Gasteiger partial charge on any atom is 0.258 e. The summed E-state index contributed by atoms with van der Waals surface area (Å²) >= 11 is 0. The number of halogens is 1. The molecule has 0 atom stereocenters. The fourth-order valence-corrected chi connectivity index (χ4v) is 2.72. The van der Waals surface area contributed by atoms with E-state index in [1.54, 1.807) is 48.0 Å². The van der Waals surface area contributed by atoms with Crippen LogP contribution in [0.25, 0.3) is 5.69 Å². The Morgan fingerprint density at radius 1 is 1.12 bits per heavy atom. The minimum Gasteiger partial charge on any atom is -0.315 e. The van der Waals surface area contributed by atoms with E-state index >= 15 is 0 Å². The van der Waals surface area contributed by atoms with Crippen LogP contribution in [0.1, 0.15) is 27.3 Å². The van der Waals surface area contributed by atoms with Gasteiger partial charge in [0.15, 0.2) is 0 Å². The summed E-state index contributed by atoms with van der Waals surface area (Å²) in [7, 11) is 0. The zero-order valence-corrected chi connectivity index (χ0v) is 13.8. The van der Waals surface area contributed by atoms with Gasteiger partial charge >= 0.3 is 0 Å².